The summed E-state index contributed by atoms with van der Waals surface area (Å²) in [6.45, 7) is 4.06. The highest BCUT2D eigenvalue weighted by Crippen LogP contribution is 2.35. The fourth-order valence-corrected chi connectivity index (χ4v) is 5.56. The molecule has 8 nitrogen and oxygen atoms in total. The molecular formula is C22H25N3O5S. The molecule has 0 atom stereocenters. The van der Waals surface area contributed by atoms with Crippen molar-refractivity contribution in [2.24, 2.45) is 5.92 Å². The predicted octanol–water partition coefficient (Wildman–Crippen LogP) is 2.67. The third-order valence-corrected chi connectivity index (χ3v) is 7.71. The zero-order valence-electron chi connectivity index (χ0n) is 17.5. The van der Waals surface area contributed by atoms with E-state index >= 15 is 0 Å². The van der Waals surface area contributed by atoms with E-state index in [1.54, 1.807) is 13.0 Å². The summed E-state index contributed by atoms with van der Waals surface area (Å²) in [6, 6.07) is 10.7. The fraction of sp³-hybridized carbons (Fsp3) is 0.364. The molecule has 9 heteroatoms. The van der Waals surface area contributed by atoms with Crippen molar-refractivity contribution in [1.82, 2.24) is 4.31 Å². The number of rotatable bonds is 4. The number of fused-ring (bicyclic) bond motifs is 1. The molecule has 1 saturated heterocycles. The SMILES string of the molecule is Cc1ccc(NC(=O)C2CCN(S(=O)(=O)c3cc4c(cc3C)NC(=O)CO4)CC2)cc1. The highest BCUT2D eigenvalue weighted by Gasteiger charge is 2.34. The number of nitrogens with zero attached hydrogens (tertiary/aromatic N) is 1. The van der Waals surface area contributed by atoms with Gasteiger partial charge in [-0.25, -0.2) is 8.42 Å². The van der Waals surface area contributed by atoms with Crippen molar-refractivity contribution in [1.29, 1.82) is 0 Å². The van der Waals surface area contributed by atoms with Crippen LogP contribution in [0.2, 0.25) is 0 Å². The zero-order valence-corrected chi connectivity index (χ0v) is 18.3. The Morgan fingerprint density at radius 3 is 2.48 bits per heavy atom. The minimum Gasteiger partial charge on any atom is -0.482 e. The van der Waals surface area contributed by atoms with Gasteiger partial charge in [-0.05, 0) is 50.5 Å². The van der Waals surface area contributed by atoms with Gasteiger partial charge in [0.2, 0.25) is 15.9 Å². The minimum atomic E-state index is -3.74. The Hall–Kier alpha value is -2.91. The summed E-state index contributed by atoms with van der Waals surface area (Å²) < 4.78 is 33.3. The maximum absolute atomic E-state index is 13.2. The van der Waals surface area contributed by atoms with Crippen LogP contribution in [-0.2, 0) is 19.6 Å². The van der Waals surface area contributed by atoms with Crippen molar-refractivity contribution in [3.63, 3.8) is 0 Å². The van der Waals surface area contributed by atoms with E-state index in [0.29, 0.717) is 29.8 Å². The monoisotopic (exact) mass is 443 g/mol. The van der Waals surface area contributed by atoms with Gasteiger partial charge in [0, 0.05) is 30.8 Å². The molecule has 31 heavy (non-hydrogen) atoms. The Bertz CT molecular complexity index is 1120. The van der Waals surface area contributed by atoms with Gasteiger partial charge in [0.15, 0.2) is 6.61 Å². The summed E-state index contributed by atoms with van der Waals surface area (Å²) in [5.41, 5.74) is 2.85. The fourth-order valence-electron chi connectivity index (χ4n) is 3.87. The van der Waals surface area contributed by atoms with Gasteiger partial charge in [0.05, 0.1) is 10.6 Å². The lowest BCUT2D eigenvalue weighted by Gasteiger charge is -2.31. The molecule has 2 aliphatic rings. The molecule has 2 amide bonds. The first-order valence-electron chi connectivity index (χ1n) is 10.2. The van der Waals surface area contributed by atoms with Crippen LogP contribution in [0.5, 0.6) is 5.75 Å². The zero-order chi connectivity index (χ0) is 22.2. The van der Waals surface area contributed by atoms with E-state index in [0.717, 1.165) is 11.3 Å². The molecule has 164 valence electrons. The Morgan fingerprint density at radius 2 is 1.81 bits per heavy atom. The number of carbonyl (C=O) groups is 2. The van der Waals surface area contributed by atoms with E-state index < -0.39 is 10.0 Å². The molecule has 0 bridgehead atoms. The first-order chi connectivity index (χ1) is 14.7. The predicted molar refractivity (Wildman–Crippen MR) is 117 cm³/mol. The third-order valence-electron chi connectivity index (χ3n) is 5.67. The van der Waals surface area contributed by atoms with Crippen LogP contribution in [0.15, 0.2) is 41.3 Å². The van der Waals surface area contributed by atoms with E-state index in [2.05, 4.69) is 10.6 Å². The molecule has 2 heterocycles. The van der Waals surface area contributed by atoms with Gasteiger partial charge >= 0.3 is 0 Å². The van der Waals surface area contributed by atoms with Crippen molar-refractivity contribution in [2.45, 2.75) is 31.6 Å². The van der Waals surface area contributed by atoms with E-state index in [4.69, 9.17) is 4.74 Å². The number of sulfonamides is 1. The Kier molecular flexibility index (Phi) is 5.72. The second-order valence-corrected chi connectivity index (χ2v) is 9.89. The Labute approximate surface area is 181 Å². The standard InChI is InChI=1S/C22H25N3O5S/c1-14-3-5-17(6-4-14)23-22(27)16-7-9-25(10-8-16)31(28,29)20-12-19-18(11-15(20)2)24-21(26)13-30-19/h3-6,11-12,16H,7-10,13H2,1-2H3,(H,23,27)(H,24,26). The first-order valence-corrected chi connectivity index (χ1v) is 11.6. The van der Waals surface area contributed by atoms with E-state index in [-0.39, 0.29) is 42.3 Å². The van der Waals surface area contributed by atoms with E-state index in [1.807, 2.05) is 31.2 Å². The van der Waals surface area contributed by atoms with Crippen LogP contribution in [0, 0.1) is 19.8 Å². The number of benzene rings is 2. The van der Waals surface area contributed by atoms with Crippen LogP contribution < -0.4 is 15.4 Å². The van der Waals surface area contributed by atoms with Crippen molar-refractivity contribution in [3.8, 4) is 5.75 Å². The molecule has 1 fully saturated rings. The molecular weight excluding hydrogens is 418 g/mol. The third kappa shape index (κ3) is 4.42. The number of anilines is 2. The number of nitrogens with one attached hydrogen (secondary N) is 2. The van der Waals surface area contributed by atoms with Crippen LogP contribution in [0.25, 0.3) is 0 Å². The summed E-state index contributed by atoms with van der Waals surface area (Å²) in [5, 5.41) is 5.60. The van der Waals surface area contributed by atoms with Gasteiger partial charge in [-0.3, -0.25) is 9.59 Å². The molecule has 0 spiro atoms. The number of carbonyl (C=O) groups excluding carboxylic acids is 2. The highest BCUT2D eigenvalue weighted by molar-refractivity contribution is 7.89. The molecule has 0 saturated carbocycles. The lowest BCUT2D eigenvalue weighted by molar-refractivity contribution is -0.121. The molecule has 2 aromatic rings. The van der Waals surface area contributed by atoms with Crippen molar-refractivity contribution >= 4 is 33.2 Å². The molecule has 0 aliphatic carbocycles. The van der Waals surface area contributed by atoms with Gasteiger partial charge in [0.25, 0.3) is 5.91 Å². The Morgan fingerprint density at radius 1 is 1.13 bits per heavy atom. The molecule has 0 radical (unpaired) electrons. The summed E-state index contributed by atoms with van der Waals surface area (Å²) in [4.78, 5) is 24.2. The molecule has 0 unspecified atom stereocenters. The number of hydrogen-bond donors (Lipinski definition) is 2. The second kappa shape index (κ2) is 8.32. The average Bonchev–Trinajstić information content (AvgIpc) is 2.74. The summed E-state index contributed by atoms with van der Waals surface area (Å²) in [6.07, 6.45) is 0.904. The van der Waals surface area contributed by atoms with Gasteiger partial charge in [-0.15, -0.1) is 0 Å². The van der Waals surface area contributed by atoms with Crippen LogP contribution >= 0.6 is 0 Å². The quantitative estimate of drug-likeness (QED) is 0.756. The number of amides is 2. The van der Waals surface area contributed by atoms with Gasteiger partial charge in [-0.2, -0.15) is 4.31 Å². The van der Waals surface area contributed by atoms with Gasteiger partial charge < -0.3 is 15.4 Å². The topological polar surface area (TPSA) is 105 Å². The van der Waals surface area contributed by atoms with Crippen LogP contribution in [-0.4, -0.2) is 44.2 Å². The largest absolute Gasteiger partial charge is 0.482 e. The second-order valence-electron chi connectivity index (χ2n) is 7.98. The Balaban J connectivity index is 1.44. The summed E-state index contributed by atoms with van der Waals surface area (Å²) in [7, 11) is -3.74. The van der Waals surface area contributed by atoms with Crippen LogP contribution in [0.1, 0.15) is 24.0 Å². The lowest BCUT2D eigenvalue weighted by atomic mass is 9.97. The maximum Gasteiger partial charge on any atom is 0.262 e. The van der Waals surface area contributed by atoms with Crippen molar-refractivity contribution in [2.75, 3.05) is 30.3 Å². The summed E-state index contributed by atoms with van der Waals surface area (Å²) >= 11 is 0. The number of ether oxygens (including phenoxy) is 1. The van der Waals surface area contributed by atoms with E-state index in [9.17, 15) is 18.0 Å². The highest BCUT2D eigenvalue weighted by atomic mass is 32.2. The van der Waals surface area contributed by atoms with Gasteiger partial charge in [0.1, 0.15) is 5.75 Å². The first kappa shape index (κ1) is 21.3. The molecule has 2 aromatic carbocycles. The van der Waals surface area contributed by atoms with Crippen molar-refractivity contribution in [3.05, 3.63) is 47.5 Å². The minimum absolute atomic E-state index is 0.0880. The normalized spacial score (nSPS) is 17.4. The molecule has 0 aromatic heterocycles. The number of aryl methyl sites for hydroxylation is 2. The molecule has 2 aliphatic heterocycles. The number of hydrogen-bond acceptors (Lipinski definition) is 5. The number of piperidine rings is 1. The summed E-state index contributed by atoms with van der Waals surface area (Å²) in [5.74, 6) is -0.254. The van der Waals surface area contributed by atoms with Crippen LogP contribution in [0.4, 0.5) is 11.4 Å². The van der Waals surface area contributed by atoms with Crippen molar-refractivity contribution < 1.29 is 22.7 Å². The molecule has 2 N–H and O–H groups in total. The molecule has 4 rings (SSSR count). The maximum atomic E-state index is 13.2. The lowest BCUT2D eigenvalue weighted by Crippen LogP contribution is -2.41. The smallest absolute Gasteiger partial charge is 0.262 e. The van der Waals surface area contributed by atoms with Gasteiger partial charge in [-0.1, -0.05) is 17.7 Å². The van der Waals surface area contributed by atoms with Crippen LogP contribution in [0.3, 0.4) is 0 Å². The average molecular weight is 444 g/mol. The van der Waals surface area contributed by atoms with E-state index in [1.165, 1.54) is 10.4 Å².